The molecule has 1 aliphatic rings. The van der Waals surface area contributed by atoms with Gasteiger partial charge in [0.1, 0.15) is 0 Å². The second kappa shape index (κ2) is 6.41. The Morgan fingerprint density at radius 2 is 1.94 bits per heavy atom. The summed E-state index contributed by atoms with van der Waals surface area (Å²) in [6.07, 6.45) is 0.271. The number of carboxylic acids is 1. The number of hydrogen-bond donors (Lipinski definition) is 4. The molecule has 0 aromatic heterocycles. The van der Waals surface area contributed by atoms with Gasteiger partial charge in [0.15, 0.2) is 6.04 Å². The van der Waals surface area contributed by atoms with Crippen molar-refractivity contribution in [1.29, 1.82) is 0 Å². The minimum atomic E-state index is -1.30. The van der Waals surface area contributed by atoms with Gasteiger partial charge in [0.2, 0.25) is 0 Å². The van der Waals surface area contributed by atoms with Crippen LogP contribution in [0.1, 0.15) is 19.8 Å². The van der Waals surface area contributed by atoms with Gasteiger partial charge in [0.25, 0.3) is 0 Å². The highest BCUT2D eigenvalue weighted by atomic mass is 16.5. The van der Waals surface area contributed by atoms with Gasteiger partial charge < -0.3 is 25.6 Å². The minimum absolute atomic E-state index is 0.00723. The van der Waals surface area contributed by atoms with Crippen LogP contribution in [0.5, 0.6) is 0 Å². The van der Waals surface area contributed by atoms with Gasteiger partial charge in [-0.25, -0.2) is 9.59 Å². The van der Waals surface area contributed by atoms with E-state index in [9.17, 15) is 14.7 Å². The molecule has 0 spiro atoms. The fraction of sp³-hybridized carbons (Fsp3) is 0.800. The summed E-state index contributed by atoms with van der Waals surface area (Å²) in [5.41, 5.74) is 0. The van der Waals surface area contributed by atoms with Crippen LogP contribution in [0, 0.1) is 0 Å². The zero-order valence-electron chi connectivity index (χ0n) is 9.68. The molecule has 7 nitrogen and oxygen atoms in total. The standard InChI is InChI=1S/C10H18N2O5/c1-6(13)8(9(14)15)12-10(16)11-7-2-4-17-5-3-7/h6-8,13H,2-5H2,1H3,(H,14,15)(H2,11,12,16). The topological polar surface area (TPSA) is 108 Å². The van der Waals surface area contributed by atoms with Crippen molar-refractivity contribution in [3.63, 3.8) is 0 Å². The maximum Gasteiger partial charge on any atom is 0.328 e. The summed E-state index contributed by atoms with van der Waals surface area (Å²) in [4.78, 5) is 22.2. The van der Waals surface area contributed by atoms with Crippen molar-refractivity contribution in [2.75, 3.05) is 13.2 Å². The summed E-state index contributed by atoms with van der Waals surface area (Å²) in [5.74, 6) is -1.26. The summed E-state index contributed by atoms with van der Waals surface area (Å²) in [5, 5.41) is 22.8. The number of amides is 2. The number of aliphatic hydroxyl groups excluding tert-OH is 1. The molecule has 7 heteroatoms. The fourth-order valence-electron chi connectivity index (χ4n) is 1.60. The van der Waals surface area contributed by atoms with E-state index in [4.69, 9.17) is 9.84 Å². The van der Waals surface area contributed by atoms with E-state index in [2.05, 4.69) is 10.6 Å². The van der Waals surface area contributed by atoms with Gasteiger partial charge in [-0.05, 0) is 19.8 Å². The Kier molecular flexibility index (Phi) is 5.17. The first-order valence-electron chi connectivity index (χ1n) is 5.56. The Morgan fingerprint density at radius 3 is 2.41 bits per heavy atom. The van der Waals surface area contributed by atoms with Crippen LogP contribution in [0.15, 0.2) is 0 Å². The van der Waals surface area contributed by atoms with E-state index in [0.717, 1.165) is 0 Å². The number of hydrogen-bond acceptors (Lipinski definition) is 4. The maximum atomic E-state index is 11.5. The zero-order chi connectivity index (χ0) is 12.8. The van der Waals surface area contributed by atoms with E-state index in [0.29, 0.717) is 26.1 Å². The summed E-state index contributed by atoms with van der Waals surface area (Å²) >= 11 is 0. The number of carbonyl (C=O) groups is 2. The van der Waals surface area contributed by atoms with Gasteiger partial charge in [-0.1, -0.05) is 0 Å². The number of carboxylic acid groups (broad SMARTS) is 1. The predicted octanol–water partition coefficient (Wildman–Crippen LogP) is -0.701. The van der Waals surface area contributed by atoms with Crippen molar-refractivity contribution < 1.29 is 24.5 Å². The summed E-state index contributed by atoms with van der Waals surface area (Å²) < 4.78 is 5.13. The van der Waals surface area contributed by atoms with E-state index in [1.807, 2.05) is 0 Å². The van der Waals surface area contributed by atoms with Gasteiger partial charge >= 0.3 is 12.0 Å². The van der Waals surface area contributed by atoms with Gasteiger partial charge in [-0.2, -0.15) is 0 Å². The number of urea groups is 1. The van der Waals surface area contributed by atoms with Crippen LogP contribution in [0.4, 0.5) is 4.79 Å². The summed E-state index contributed by atoms with van der Waals surface area (Å²) in [6, 6.07) is -1.88. The van der Waals surface area contributed by atoms with Crippen LogP contribution >= 0.6 is 0 Å². The van der Waals surface area contributed by atoms with Crippen LogP contribution in [0.2, 0.25) is 0 Å². The molecule has 0 aromatic carbocycles. The molecule has 17 heavy (non-hydrogen) atoms. The van der Waals surface area contributed by atoms with E-state index in [-0.39, 0.29) is 6.04 Å². The molecule has 1 rings (SSSR count). The number of aliphatic hydroxyl groups is 1. The summed E-state index contributed by atoms with van der Waals surface area (Å²) in [6.45, 7) is 2.49. The number of aliphatic carboxylic acids is 1. The van der Waals surface area contributed by atoms with Crippen molar-refractivity contribution >= 4 is 12.0 Å². The number of carbonyl (C=O) groups excluding carboxylic acids is 1. The Labute approximate surface area is 99.1 Å². The monoisotopic (exact) mass is 246 g/mol. The third-order valence-electron chi connectivity index (χ3n) is 2.59. The Bertz CT molecular complexity index is 276. The molecule has 2 atom stereocenters. The van der Waals surface area contributed by atoms with Crippen molar-refractivity contribution in [3.8, 4) is 0 Å². The number of rotatable bonds is 4. The molecule has 1 heterocycles. The molecule has 0 aromatic rings. The van der Waals surface area contributed by atoms with E-state index in [1.54, 1.807) is 0 Å². The Morgan fingerprint density at radius 1 is 1.35 bits per heavy atom. The smallest absolute Gasteiger partial charge is 0.328 e. The Hall–Kier alpha value is -1.34. The molecule has 1 saturated heterocycles. The molecule has 1 aliphatic heterocycles. The molecule has 0 aliphatic carbocycles. The normalized spacial score (nSPS) is 20.4. The lowest BCUT2D eigenvalue weighted by Gasteiger charge is -2.24. The highest BCUT2D eigenvalue weighted by Crippen LogP contribution is 2.05. The van der Waals surface area contributed by atoms with Crippen LogP contribution in [-0.2, 0) is 9.53 Å². The fourth-order valence-corrected chi connectivity index (χ4v) is 1.60. The van der Waals surface area contributed by atoms with E-state index in [1.165, 1.54) is 6.92 Å². The molecule has 0 saturated carbocycles. The third-order valence-corrected chi connectivity index (χ3v) is 2.59. The average Bonchev–Trinajstić information content (AvgIpc) is 2.26. The number of ether oxygens (including phenoxy) is 1. The highest BCUT2D eigenvalue weighted by Gasteiger charge is 2.26. The first kappa shape index (κ1) is 13.7. The van der Waals surface area contributed by atoms with Gasteiger partial charge in [-0.15, -0.1) is 0 Å². The van der Waals surface area contributed by atoms with Gasteiger partial charge in [0.05, 0.1) is 6.10 Å². The molecular weight excluding hydrogens is 228 g/mol. The molecule has 2 amide bonds. The zero-order valence-corrected chi connectivity index (χ0v) is 9.68. The lowest BCUT2D eigenvalue weighted by molar-refractivity contribution is -0.141. The van der Waals surface area contributed by atoms with Crippen LogP contribution < -0.4 is 10.6 Å². The average molecular weight is 246 g/mol. The van der Waals surface area contributed by atoms with Gasteiger partial charge in [0, 0.05) is 19.3 Å². The molecule has 1 fully saturated rings. The lowest BCUT2D eigenvalue weighted by Crippen LogP contribution is -2.53. The molecular formula is C10H18N2O5. The lowest BCUT2D eigenvalue weighted by atomic mass is 10.1. The molecule has 0 radical (unpaired) electrons. The van der Waals surface area contributed by atoms with E-state index < -0.39 is 24.1 Å². The molecule has 0 bridgehead atoms. The first-order valence-corrected chi connectivity index (χ1v) is 5.56. The van der Waals surface area contributed by atoms with Crippen molar-refractivity contribution in [2.45, 2.75) is 38.0 Å². The van der Waals surface area contributed by atoms with Crippen molar-refractivity contribution in [3.05, 3.63) is 0 Å². The van der Waals surface area contributed by atoms with Gasteiger partial charge in [-0.3, -0.25) is 0 Å². The quantitative estimate of drug-likeness (QED) is 0.524. The van der Waals surface area contributed by atoms with Crippen LogP contribution in [0.3, 0.4) is 0 Å². The van der Waals surface area contributed by atoms with Crippen LogP contribution in [0.25, 0.3) is 0 Å². The first-order chi connectivity index (χ1) is 8.00. The SMILES string of the molecule is CC(O)C(NC(=O)NC1CCOCC1)C(=O)O. The predicted molar refractivity (Wildman–Crippen MR) is 58.6 cm³/mol. The minimum Gasteiger partial charge on any atom is -0.480 e. The largest absolute Gasteiger partial charge is 0.480 e. The molecule has 4 N–H and O–H groups in total. The van der Waals surface area contributed by atoms with Crippen molar-refractivity contribution in [1.82, 2.24) is 10.6 Å². The molecule has 2 unspecified atom stereocenters. The summed E-state index contributed by atoms with van der Waals surface area (Å²) in [7, 11) is 0. The maximum absolute atomic E-state index is 11.5. The van der Waals surface area contributed by atoms with Crippen LogP contribution in [-0.4, -0.2) is 53.6 Å². The highest BCUT2D eigenvalue weighted by molar-refractivity contribution is 5.83. The second-order valence-electron chi connectivity index (χ2n) is 4.06. The second-order valence-corrected chi connectivity index (χ2v) is 4.06. The number of nitrogens with one attached hydrogen (secondary N) is 2. The van der Waals surface area contributed by atoms with E-state index >= 15 is 0 Å². The third kappa shape index (κ3) is 4.58. The molecule has 98 valence electrons. The Balaban J connectivity index is 2.38. The van der Waals surface area contributed by atoms with Crippen molar-refractivity contribution in [2.24, 2.45) is 0 Å².